The maximum Gasteiger partial charge on any atom is 0.209 e. The summed E-state index contributed by atoms with van der Waals surface area (Å²) >= 11 is 0. The Labute approximate surface area is 149 Å². The maximum absolute atomic E-state index is 11.4. The summed E-state index contributed by atoms with van der Waals surface area (Å²) in [5.41, 5.74) is 0.336. The summed E-state index contributed by atoms with van der Waals surface area (Å²) in [5, 5.41) is 7.21. The molecule has 0 spiro atoms. The fraction of sp³-hybridized carbons (Fsp3) is 0.733. The number of aliphatic imine (C=N–C) groups is 1. The summed E-state index contributed by atoms with van der Waals surface area (Å²) in [6.07, 6.45) is 2.75. The Kier molecular flexibility index (Phi) is 6.42. The highest BCUT2D eigenvalue weighted by Gasteiger charge is 2.25. The van der Waals surface area contributed by atoms with E-state index in [1.165, 1.54) is 0 Å². The quantitative estimate of drug-likeness (QED) is 0.522. The molecule has 2 rings (SSSR count). The van der Waals surface area contributed by atoms with Gasteiger partial charge in [0.1, 0.15) is 6.26 Å². The van der Waals surface area contributed by atoms with Crippen LogP contribution in [0.3, 0.4) is 0 Å². The Hall–Kier alpha value is -1.65. The number of rotatable bonds is 6. The Morgan fingerprint density at radius 2 is 2.04 bits per heavy atom. The molecule has 0 aromatic carbocycles. The molecular formula is C15H28N6O3S. The predicted octanol–water partition coefficient (Wildman–Crippen LogP) is -0.305. The molecule has 0 aliphatic carbocycles. The second-order valence-corrected chi connectivity index (χ2v) is 8.66. The molecule has 1 saturated heterocycles. The van der Waals surface area contributed by atoms with Gasteiger partial charge in [-0.3, -0.25) is 9.89 Å². The molecule has 10 heteroatoms. The van der Waals surface area contributed by atoms with Crippen molar-refractivity contribution >= 4 is 16.0 Å². The van der Waals surface area contributed by atoms with Crippen LogP contribution in [0.2, 0.25) is 0 Å². The first kappa shape index (κ1) is 19.7. The highest BCUT2D eigenvalue weighted by Crippen LogP contribution is 2.08. The van der Waals surface area contributed by atoms with Gasteiger partial charge in [0.25, 0.3) is 0 Å². The highest BCUT2D eigenvalue weighted by atomic mass is 32.2. The maximum atomic E-state index is 11.4. The van der Waals surface area contributed by atoms with Crippen molar-refractivity contribution in [3.05, 3.63) is 18.0 Å². The van der Waals surface area contributed by atoms with Crippen LogP contribution in [0.4, 0.5) is 0 Å². The number of piperazine rings is 1. The van der Waals surface area contributed by atoms with Gasteiger partial charge in [0, 0.05) is 57.9 Å². The largest absolute Gasteiger partial charge is 0.364 e. The molecule has 2 N–H and O–H groups in total. The first-order valence-electron chi connectivity index (χ1n) is 8.25. The molecule has 1 fully saturated rings. The molecule has 0 amide bonds. The van der Waals surface area contributed by atoms with Crippen molar-refractivity contribution in [2.75, 3.05) is 46.0 Å². The Morgan fingerprint density at radius 1 is 1.36 bits per heavy atom. The number of sulfonamides is 1. The van der Waals surface area contributed by atoms with Gasteiger partial charge < -0.3 is 14.7 Å². The number of hydrogen-bond donors (Lipinski definition) is 2. The van der Waals surface area contributed by atoms with Crippen molar-refractivity contribution in [1.29, 1.82) is 0 Å². The third kappa shape index (κ3) is 6.63. The Morgan fingerprint density at radius 3 is 2.56 bits per heavy atom. The van der Waals surface area contributed by atoms with Crippen LogP contribution in [0.15, 0.2) is 21.8 Å². The number of nitrogens with zero attached hydrogens (tertiary/aromatic N) is 4. The SMILES string of the molecule is CN=C(NCC(C)(C)NS(C)(=O)=O)N1CCN(Cc2ccon2)CC1. The molecule has 0 radical (unpaired) electrons. The first-order valence-corrected chi connectivity index (χ1v) is 10.1. The third-order valence-electron chi connectivity index (χ3n) is 3.91. The minimum Gasteiger partial charge on any atom is -0.364 e. The zero-order chi connectivity index (χ0) is 18.5. The van der Waals surface area contributed by atoms with Crippen LogP contribution >= 0.6 is 0 Å². The number of nitrogens with one attached hydrogen (secondary N) is 2. The van der Waals surface area contributed by atoms with Crippen molar-refractivity contribution in [2.45, 2.75) is 25.9 Å². The topological polar surface area (TPSA) is 103 Å². The lowest BCUT2D eigenvalue weighted by Gasteiger charge is -2.37. The van der Waals surface area contributed by atoms with Gasteiger partial charge in [-0.05, 0) is 13.8 Å². The minimum atomic E-state index is -3.26. The molecule has 2 heterocycles. The van der Waals surface area contributed by atoms with E-state index in [9.17, 15) is 8.42 Å². The van der Waals surface area contributed by atoms with Gasteiger partial charge in [-0.2, -0.15) is 0 Å². The van der Waals surface area contributed by atoms with E-state index in [0.717, 1.165) is 50.6 Å². The van der Waals surface area contributed by atoms with Gasteiger partial charge in [-0.1, -0.05) is 5.16 Å². The first-order chi connectivity index (χ1) is 11.7. The zero-order valence-electron chi connectivity index (χ0n) is 15.3. The van der Waals surface area contributed by atoms with Gasteiger partial charge in [-0.25, -0.2) is 13.1 Å². The lowest BCUT2D eigenvalue weighted by Crippen LogP contribution is -2.56. The van der Waals surface area contributed by atoms with Crippen molar-refractivity contribution < 1.29 is 12.9 Å². The second kappa shape index (κ2) is 8.15. The van der Waals surface area contributed by atoms with Crippen molar-refractivity contribution in [2.24, 2.45) is 4.99 Å². The monoisotopic (exact) mass is 372 g/mol. The Bertz CT molecular complexity index is 663. The van der Waals surface area contributed by atoms with Crippen LogP contribution in [0.25, 0.3) is 0 Å². The highest BCUT2D eigenvalue weighted by molar-refractivity contribution is 7.88. The van der Waals surface area contributed by atoms with E-state index in [2.05, 4.69) is 30.0 Å². The predicted molar refractivity (Wildman–Crippen MR) is 96.8 cm³/mol. The van der Waals surface area contributed by atoms with E-state index in [-0.39, 0.29) is 0 Å². The summed E-state index contributed by atoms with van der Waals surface area (Å²) in [4.78, 5) is 8.81. The summed E-state index contributed by atoms with van der Waals surface area (Å²) in [7, 11) is -1.52. The van der Waals surface area contributed by atoms with Crippen LogP contribution in [0.1, 0.15) is 19.5 Å². The van der Waals surface area contributed by atoms with Gasteiger partial charge >= 0.3 is 0 Å². The fourth-order valence-electron chi connectivity index (χ4n) is 2.84. The van der Waals surface area contributed by atoms with Crippen LogP contribution in [-0.2, 0) is 16.6 Å². The third-order valence-corrected chi connectivity index (χ3v) is 4.83. The molecule has 0 atom stereocenters. The number of guanidine groups is 1. The van der Waals surface area contributed by atoms with Crippen molar-refractivity contribution in [3.8, 4) is 0 Å². The summed E-state index contributed by atoms with van der Waals surface area (Å²) in [6.45, 7) is 8.40. The molecule has 1 aromatic heterocycles. The zero-order valence-corrected chi connectivity index (χ0v) is 16.1. The number of hydrogen-bond acceptors (Lipinski definition) is 6. The van der Waals surface area contributed by atoms with Crippen LogP contribution in [-0.4, -0.2) is 80.9 Å². The summed E-state index contributed by atoms with van der Waals surface area (Å²) < 4.78 is 30.4. The molecule has 1 aromatic rings. The van der Waals surface area contributed by atoms with Gasteiger partial charge in [0.2, 0.25) is 10.0 Å². The minimum absolute atomic E-state index is 0.450. The van der Waals surface area contributed by atoms with Crippen LogP contribution < -0.4 is 10.0 Å². The molecule has 9 nitrogen and oxygen atoms in total. The van der Waals surface area contributed by atoms with Crippen molar-refractivity contribution in [1.82, 2.24) is 25.0 Å². The summed E-state index contributed by atoms with van der Waals surface area (Å²) in [5.74, 6) is 0.782. The molecule has 1 aliphatic heterocycles. The molecule has 142 valence electrons. The lowest BCUT2D eigenvalue weighted by molar-refractivity contribution is 0.168. The van der Waals surface area contributed by atoms with E-state index in [0.29, 0.717) is 6.54 Å². The molecular weight excluding hydrogens is 344 g/mol. The van der Waals surface area contributed by atoms with Gasteiger partial charge in [0.05, 0.1) is 11.9 Å². The van der Waals surface area contributed by atoms with E-state index in [1.807, 2.05) is 19.9 Å². The normalized spacial score (nSPS) is 17.8. The summed E-state index contributed by atoms with van der Waals surface area (Å²) in [6, 6.07) is 1.88. The lowest BCUT2D eigenvalue weighted by atomic mass is 10.1. The van der Waals surface area contributed by atoms with Crippen LogP contribution in [0.5, 0.6) is 0 Å². The molecule has 0 unspecified atom stereocenters. The number of aromatic nitrogens is 1. The average molecular weight is 372 g/mol. The van der Waals surface area contributed by atoms with Crippen molar-refractivity contribution in [3.63, 3.8) is 0 Å². The average Bonchev–Trinajstić information content (AvgIpc) is 3.00. The van der Waals surface area contributed by atoms with E-state index in [4.69, 9.17) is 4.52 Å². The smallest absolute Gasteiger partial charge is 0.209 e. The fourth-order valence-corrected chi connectivity index (χ4v) is 3.91. The van der Waals surface area contributed by atoms with Gasteiger partial charge in [-0.15, -0.1) is 0 Å². The molecule has 0 saturated carbocycles. The Balaban J connectivity index is 1.82. The van der Waals surface area contributed by atoms with E-state index in [1.54, 1.807) is 13.3 Å². The molecule has 1 aliphatic rings. The van der Waals surface area contributed by atoms with E-state index >= 15 is 0 Å². The van der Waals surface area contributed by atoms with E-state index < -0.39 is 15.6 Å². The molecule has 25 heavy (non-hydrogen) atoms. The molecule has 0 bridgehead atoms. The van der Waals surface area contributed by atoms with Crippen LogP contribution in [0, 0.1) is 0 Å². The standard InChI is InChI=1S/C15H28N6O3S/c1-15(2,19-25(4,22)23)12-17-14(16-3)21-8-6-20(7-9-21)11-13-5-10-24-18-13/h5,10,19H,6-9,11-12H2,1-4H3,(H,16,17). The van der Waals surface area contributed by atoms with Gasteiger partial charge in [0.15, 0.2) is 5.96 Å². The second-order valence-electron chi connectivity index (χ2n) is 6.91.